The topological polar surface area (TPSA) is 32.8 Å². The van der Waals surface area contributed by atoms with E-state index in [2.05, 4.69) is 4.90 Å². The Morgan fingerprint density at radius 3 is 2.64 bits per heavy atom. The molecule has 3 rings (SSSR count). The maximum Gasteiger partial charge on any atom is 0.223 e. The molecular weight excluding hydrogens is 283 g/mol. The van der Waals surface area contributed by atoms with E-state index in [9.17, 15) is 9.18 Å². The average molecular weight is 306 g/mol. The first-order valence-corrected chi connectivity index (χ1v) is 7.98. The molecule has 2 unspecified atom stereocenters. The van der Waals surface area contributed by atoms with Crippen molar-refractivity contribution in [1.29, 1.82) is 0 Å². The number of hydrogen-bond acceptors (Lipinski definition) is 3. The molecule has 5 heteroatoms. The fourth-order valence-corrected chi connectivity index (χ4v) is 3.32. The first kappa shape index (κ1) is 15.3. The Bertz CT molecular complexity index is 527. The van der Waals surface area contributed by atoms with E-state index in [0.29, 0.717) is 25.4 Å². The molecule has 22 heavy (non-hydrogen) atoms. The predicted molar refractivity (Wildman–Crippen MR) is 83.3 cm³/mol. The Labute approximate surface area is 130 Å². The smallest absolute Gasteiger partial charge is 0.223 e. The summed E-state index contributed by atoms with van der Waals surface area (Å²) < 4.78 is 18.6. The van der Waals surface area contributed by atoms with Crippen molar-refractivity contribution in [2.75, 3.05) is 38.2 Å². The van der Waals surface area contributed by atoms with Gasteiger partial charge in [-0.25, -0.2) is 4.39 Å². The molecule has 2 fully saturated rings. The van der Waals surface area contributed by atoms with Crippen LogP contribution in [0, 0.1) is 11.7 Å². The van der Waals surface area contributed by atoms with Crippen LogP contribution in [0.2, 0.25) is 0 Å². The van der Waals surface area contributed by atoms with Crippen LogP contribution < -0.4 is 4.90 Å². The molecule has 1 aromatic carbocycles. The molecule has 0 N–H and O–H groups in total. The zero-order valence-electron chi connectivity index (χ0n) is 13.0. The summed E-state index contributed by atoms with van der Waals surface area (Å²) in [4.78, 5) is 16.4. The Morgan fingerprint density at radius 1 is 1.27 bits per heavy atom. The molecule has 0 bridgehead atoms. The number of hydrogen-bond donors (Lipinski definition) is 0. The summed E-state index contributed by atoms with van der Waals surface area (Å²) in [6, 6.07) is 6.64. The Morgan fingerprint density at radius 2 is 2.05 bits per heavy atom. The van der Waals surface area contributed by atoms with Gasteiger partial charge in [-0.3, -0.25) is 4.79 Å². The number of carbonyl (C=O) groups excluding carboxylic acids is 1. The number of piperazine rings is 1. The van der Waals surface area contributed by atoms with Gasteiger partial charge in [0.05, 0.1) is 6.10 Å². The summed E-state index contributed by atoms with van der Waals surface area (Å²) in [6.07, 6.45) is 3.02. The largest absolute Gasteiger partial charge is 0.381 e. The standard InChI is InChI=1S/C17H23FN2O2/c1-22-16-6-5-13(16)11-17(21)20-9-7-19(8-10-20)15-4-2-3-14(18)12-15/h2-4,12-13,16H,5-11H2,1H3. The van der Waals surface area contributed by atoms with Crippen LogP contribution in [-0.4, -0.2) is 50.2 Å². The second-order valence-electron chi connectivity index (χ2n) is 6.16. The molecule has 1 saturated heterocycles. The van der Waals surface area contributed by atoms with Crippen LogP contribution in [0.15, 0.2) is 24.3 Å². The second-order valence-corrected chi connectivity index (χ2v) is 6.16. The molecule has 1 aliphatic heterocycles. The fraction of sp³-hybridized carbons (Fsp3) is 0.588. The molecule has 0 spiro atoms. The second kappa shape index (κ2) is 6.65. The average Bonchev–Trinajstić information content (AvgIpc) is 2.52. The van der Waals surface area contributed by atoms with Crippen LogP contribution in [0.1, 0.15) is 19.3 Å². The summed E-state index contributed by atoms with van der Waals surface area (Å²) in [5.41, 5.74) is 0.894. The van der Waals surface area contributed by atoms with Crippen molar-refractivity contribution in [3.8, 4) is 0 Å². The number of benzene rings is 1. The molecule has 1 aliphatic carbocycles. The van der Waals surface area contributed by atoms with E-state index in [1.807, 2.05) is 11.0 Å². The summed E-state index contributed by atoms with van der Waals surface area (Å²) in [5.74, 6) is 0.399. The van der Waals surface area contributed by atoms with E-state index >= 15 is 0 Å². The summed E-state index contributed by atoms with van der Waals surface area (Å²) in [6.45, 7) is 2.93. The zero-order chi connectivity index (χ0) is 15.5. The zero-order valence-corrected chi connectivity index (χ0v) is 13.0. The summed E-state index contributed by atoms with van der Waals surface area (Å²) >= 11 is 0. The maximum atomic E-state index is 13.3. The van der Waals surface area contributed by atoms with E-state index in [1.54, 1.807) is 19.2 Å². The van der Waals surface area contributed by atoms with Crippen LogP contribution >= 0.6 is 0 Å². The highest BCUT2D eigenvalue weighted by Crippen LogP contribution is 2.33. The van der Waals surface area contributed by atoms with Gasteiger partial charge in [-0.2, -0.15) is 0 Å². The normalized spacial score (nSPS) is 25.0. The summed E-state index contributed by atoms with van der Waals surface area (Å²) in [5, 5.41) is 0. The highest BCUT2D eigenvalue weighted by atomic mass is 19.1. The molecule has 0 radical (unpaired) electrons. The summed E-state index contributed by atoms with van der Waals surface area (Å²) in [7, 11) is 1.72. The van der Waals surface area contributed by atoms with Gasteiger partial charge < -0.3 is 14.5 Å². The lowest BCUT2D eigenvalue weighted by atomic mass is 9.79. The first-order chi connectivity index (χ1) is 10.7. The third-order valence-electron chi connectivity index (χ3n) is 4.89. The van der Waals surface area contributed by atoms with Crippen molar-refractivity contribution in [3.05, 3.63) is 30.1 Å². The van der Waals surface area contributed by atoms with Crippen molar-refractivity contribution >= 4 is 11.6 Å². The van der Waals surface area contributed by atoms with Crippen molar-refractivity contribution in [1.82, 2.24) is 4.90 Å². The Kier molecular flexibility index (Phi) is 4.62. The van der Waals surface area contributed by atoms with E-state index in [4.69, 9.17) is 4.74 Å². The maximum absolute atomic E-state index is 13.3. The van der Waals surface area contributed by atoms with Crippen LogP contribution in [0.3, 0.4) is 0 Å². The molecule has 2 atom stereocenters. The molecule has 2 aliphatic rings. The molecule has 1 aromatic rings. The lowest BCUT2D eigenvalue weighted by Crippen LogP contribution is -2.50. The van der Waals surface area contributed by atoms with Gasteiger partial charge in [0.1, 0.15) is 5.82 Å². The van der Waals surface area contributed by atoms with Gasteiger partial charge in [0.15, 0.2) is 0 Å². The minimum atomic E-state index is -0.216. The number of ether oxygens (including phenoxy) is 1. The van der Waals surface area contributed by atoms with E-state index in [0.717, 1.165) is 31.6 Å². The third kappa shape index (κ3) is 3.24. The number of nitrogens with zero attached hydrogens (tertiary/aromatic N) is 2. The molecular formula is C17H23FN2O2. The highest BCUT2D eigenvalue weighted by Gasteiger charge is 2.34. The molecule has 0 aromatic heterocycles. The van der Waals surface area contributed by atoms with Crippen LogP contribution in [0.5, 0.6) is 0 Å². The van der Waals surface area contributed by atoms with Gasteiger partial charge in [0.25, 0.3) is 0 Å². The minimum absolute atomic E-state index is 0.216. The number of amides is 1. The lowest BCUT2D eigenvalue weighted by molar-refractivity contribution is -0.135. The quantitative estimate of drug-likeness (QED) is 0.855. The van der Waals surface area contributed by atoms with Gasteiger partial charge in [0.2, 0.25) is 5.91 Å². The molecule has 1 amide bonds. The van der Waals surface area contributed by atoms with Gasteiger partial charge >= 0.3 is 0 Å². The predicted octanol–water partition coefficient (Wildman–Crippen LogP) is 2.29. The number of rotatable bonds is 4. The van der Waals surface area contributed by atoms with Crippen molar-refractivity contribution in [2.24, 2.45) is 5.92 Å². The monoisotopic (exact) mass is 306 g/mol. The number of anilines is 1. The van der Waals surface area contributed by atoms with Crippen LogP contribution in [-0.2, 0) is 9.53 Å². The highest BCUT2D eigenvalue weighted by molar-refractivity contribution is 5.77. The lowest BCUT2D eigenvalue weighted by Gasteiger charge is -2.39. The SMILES string of the molecule is COC1CCC1CC(=O)N1CCN(c2cccc(F)c2)CC1. The first-order valence-electron chi connectivity index (χ1n) is 7.98. The Hall–Kier alpha value is -1.62. The van der Waals surface area contributed by atoms with E-state index in [-0.39, 0.29) is 17.8 Å². The van der Waals surface area contributed by atoms with Crippen molar-refractivity contribution < 1.29 is 13.9 Å². The number of methoxy groups -OCH3 is 1. The molecule has 1 saturated carbocycles. The molecule has 4 nitrogen and oxygen atoms in total. The van der Waals surface area contributed by atoms with Gasteiger partial charge in [-0.05, 0) is 37.0 Å². The number of halogens is 1. The molecule has 120 valence electrons. The van der Waals surface area contributed by atoms with E-state index < -0.39 is 0 Å². The Balaban J connectivity index is 1.50. The van der Waals surface area contributed by atoms with Crippen LogP contribution in [0.25, 0.3) is 0 Å². The van der Waals surface area contributed by atoms with E-state index in [1.165, 1.54) is 6.07 Å². The van der Waals surface area contributed by atoms with Gasteiger partial charge in [-0.1, -0.05) is 6.07 Å². The van der Waals surface area contributed by atoms with Gasteiger partial charge in [-0.15, -0.1) is 0 Å². The van der Waals surface area contributed by atoms with Crippen molar-refractivity contribution in [3.63, 3.8) is 0 Å². The minimum Gasteiger partial charge on any atom is -0.381 e. The third-order valence-corrected chi connectivity index (χ3v) is 4.89. The van der Waals surface area contributed by atoms with Crippen LogP contribution in [0.4, 0.5) is 10.1 Å². The number of carbonyl (C=O) groups is 1. The van der Waals surface area contributed by atoms with Crippen molar-refractivity contribution in [2.45, 2.75) is 25.4 Å². The van der Waals surface area contributed by atoms with Gasteiger partial charge in [0, 0.05) is 45.4 Å². The fourth-order valence-electron chi connectivity index (χ4n) is 3.32. The molecule has 1 heterocycles.